The molecule has 0 spiro atoms. The number of nitrogens with one attached hydrogen (secondary N) is 1. The number of rotatable bonds is 7. The van der Waals surface area contributed by atoms with E-state index in [4.69, 9.17) is 5.11 Å². The first-order valence-electron chi connectivity index (χ1n) is 6.18. The maximum absolute atomic E-state index is 12.8. The lowest BCUT2D eigenvalue weighted by Crippen LogP contribution is -2.37. The summed E-state index contributed by atoms with van der Waals surface area (Å²) in [5.41, 5.74) is 0.755. The minimum absolute atomic E-state index is 0.219. The molecule has 5 heteroatoms. The fourth-order valence-electron chi connectivity index (χ4n) is 1.83. The Morgan fingerprint density at radius 1 is 1.37 bits per heavy atom. The summed E-state index contributed by atoms with van der Waals surface area (Å²) in [5.74, 6) is -1.29. The molecular weight excluding hydrogens is 249 g/mol. The molecule has 0 fully saturated rings. The summed E-state index contributed by atoms with van der Waals surface area (Å²) in [4.78, 5) is 10.4. The van der Waals surface area contributed by atoms with Crippen molar-refractivity contribution in [3.63, 3.8) is 0 Å². The van der Waals surface area contributed by atoms with Crippen molar-refractivity contribution in [1.82, 2.24) is 5.32 Å². The molecule has 0 heterocycles. The third-order valence-corrected chi connectivity index (χ3v) is 2.98. The maximum Gasteiger partial charge on any atom is 0.306 e. The van der Waals surface area contributed by atoms with Crippen molar-refractivity contribution in [2.45, 2.75) is 31.8 Å². The number of aliphatic carboxylic acids is 1. The molecule has 0 aliphatic carbocycles. The van der Waals surface area contributed by atoms with E-state index in [9.17, 15) is 14.3 Å². The molecule has 4 nitrogen and oxygen atoms in total. The molecule has 1 unspecified atom stereocenters. The van der Waals surface area contributed by atoms with Crippen LogP contribution in [0.5, 0.6) is 0 Å². The molecule has 1 aromatic carbocycles. The van der Waals surface area contributed by atoms with Crippen molar-refractivity contribution in [3.8, 4) is 0 Å². The predicted molar refractivity (Wildman–Crippen MR) is 70.6 cm³/mol. The smallest absolute Gasteiger partial charge is 0.306 e. The Labute approximate surface area is 112 Å². The van der Waals surface area contributed by atoms with Gasteiger partial charge in [-0.1, -0.05) is 26.0 Å². The van der Waals surface area contributed by atoms with Gasteiger partial charge in [-0.2, -0.15) is 0 Å². The summed E-state index contributed by atoms with van der Waals surface area (Å²) in [5, 5.41) is 21.0. The Morgan fingerprint density at radius 2 is 1.95 bits per heavy atom. The van der Waals surface area contributed by atoms with E-state index in [1.807, 2.05) is 13.8 Å². The Morgan fingerprint density at radius 3 is 2.47 bits per heavy atom. The molecule has 3 N–H and O–H groups in total. The lowest BCUT2D eigenvalue weighted by atomic mass is 9.84. The lowest BCUT2D eigenvalue weighted by molar-refractivity contribution is -0.139. The van der Waals surface area contributed by atoms with E-state index >= 15 is 0 Å². The van der Waals surface area contributed by atoms with E-state index in [0.717, 1.165) is 5.56 Å². The highest BCUT2D eigenvalue weighted by molar-refractivity contribution is 5.67. The molecule has 1 atom stereocenters. The summed E-state index contributed by atoms with van der Waals surface area (Å²) in [7, 11) is 0. The fraction of sp³-hybridized carbons (Fsp3) is 0.500. The quantitative estimate of drug-likeness (QED) is 0.702. The topological polar surface area (TPSA) is 69.6 Å². The summed E-state index contributed by atoms with van der Waals surface area (Å²) < 4.78 is 12.8. The van der Waals surface area contributed by atoms with E-state index in [0.29, 0.717) is 6.54 Å². The van der Waals surface area contributed by atoms with E-state index in [1.165, 1.54) is 12.1 Å². The van der Waals surface area contributed by atoms with Gasteiger partial charge in [0.1, 0.15) is 5.82 Å². The second-order valence-electron chi connectivity index (χ2n) is 5.27. The molecule has 0 aliphatic heterocycles. The largest absolute Gasteiger partial charge is 0.481 e. The summed E-state index contributed by atoms with van der Waals surface area (Å²) in [6, 6.07) is 6.28. The standard InChI is InChI=1S/C14H20FNO3/c1-14(2,10-3-5-11(15)6-4-10)9-16-8-12(17)7-13(18)19/h3-6,12,16-17H,7-9H2,1-2H3,(H,18,19). The molecule has 0 amide bonds. The van der Waals surface area contributed by atoms with Gasteiger partial charge in [-0.15, -0.1) is 0 Å². The second-order valence-corrected chi connectivity index (χ2v) is 5.27. The van der Waals surface area contributed by atoms with Crippen LogP contribution in [-0.4, -0.2) is 35.4 Å². The first kappa shape index (κ1) is 15.6. The Hall–Kier alpha value is -1.46. The third-order valence-electron chi connectivity index (χ3n) is 2.98. The molecule has 0 saturated heterocycles. The van der Waals surface area contributed by atoms with Gasteiger partial charge < -0.3 is 15.5 Å². The SMILES string of the molecule is CC(C)(CNCC(O)CC(=O)O)c1ccc(F)cc1. The van der Waals surface area contributed by atoms with Crippen LogP contribution in [0.3, 0.4) is 0 Å². The molecule has 0 radical (unpaired) electrons. The number of hydrogen-bond acceptors (Lipinski definition) is 3. The van der Waals surface area contributed by atoms with Gasteiger partial charge in [0.05, 0.1) is 12.5 Å². The molecule has 0 saturated carbocycles. The van der Waals surface area contributed by atoms with Crippen molar-refractivity contribution >= 4 is 5.97 Å². The molecule has 0 bridgehead atoms. The molecule has 1 rings (SSSR count). The lowest BCUT2D eigenvalue weighted by Gasteiger charge is -2.26. The number of aliphatic hydroxyl groups excluding tert-OH is 1. The summed E-state index contributed by atoms with van der Waals surface area (Å²) in [6.07, 6.45) is -1.18. The average molecular weight is 269 g/mol. The van der Waals surface area contributed by atoms with Crippen LogP contribution >= 0.6 is 0 Å². The van der Waals surface area contributed by atoms with Crippen LogP contribution in [0.2, 0.25) is 0 Å². The van der Waals surface area contributed by atoms with Gasteiger partial charge in [0.25, 0.3) is 0 Å². The molecule has 19 heavy (non-hydrogen) atoms. The third kappa shape index (κ3) is 5.36. The van der Waals surface area contributed by atoms with Crippen molar-refractivity contribution in [3.05, 3.63) is 35.6 Å². The number of halogens is 1. The van der Waals surface area contributed by atoms with E-state index in [2.05, 4.69) is 5.32 Å². The van der Waals surface area contributed by atoms with Crippen molar-refractivity contribution < 1.29 is 19.4 Å². The minimum Gasteiger partial charge on any atom is -0.481 e. The van der Waals surface area contributed by atoms with Crippen LogP contribution in [0.15, 0.2) is 24.3 Å². The van der Waals surface area contributed by atoms with Crippen LogP contribution in [-0.2, 0) is 10.2 Å². The van der Waals surface area contributed by atoms with Gasteiger partial charge in [0, 0.05) is 18.5 Å². The summed E-state index contributed by atoms with van der Waals surface area (Å²) >= 11 is 0. The van der Waals surface area contributed by atoms with Crippen LogP contribution in [0.4, 0.5) is 4.39 Å². The van der Waals surface area contributed by atoms with Crippen LogP contribution in [0.1, 0.15) is 25.8 Å². The highest BCUT2D eigenvalue weighted by Crippen LogP contribution is 2.22. The molecule has 106 valence electrons. The highest BCUT2D eigenvalue weighted by atomic mass is 19.1. The maximum atomic E-state index is 12.8. The van der Waals surface area contributed by atoms with Gasteiger partial charge in [-0.25, -0.2) is 4.39 Å². The zero-order chi connectivity index (χ0) is 14.5. The first-order valence-corrected chi connectivity index (χ1v) is 6.18. The van der Waals surface area contributed by atoms with Crippen molar-refractivity contribution in [2.24, 2.45) is 0 Å². The zero-order valence-electron chi connectivity index (χ0n) is 11.2. The van der Waals surface area contributed by atoms with Gasteiger partial charge in [-0.3, -0.25) is 4.79 Å². The highest BCUT2D eigenvalue weighted by Gasteiger charge is 2.20. The Bertz CT molecular complexity index is 417. The normalized spacial score (nSPS) is 13.3. The summed E-state index contributed by atoms with van der Waals surface area (Å²) in [6.45, 7) is 4.78. The number of hydrogen-bond donors (Lipinski definition) is 3. The fourth-order valence-corrected chi connectivity index (χ4v) is 1.83. The van der Waals surface area contributed by atoms with Crippen LogP contribution in [0.25, 0.3) is 0 Å². The van der Waals surface area contributed by atoms with E-state index in [1.54, 1.807) is 12.1 Å². The van der Waals surface area contributed by atoms with Gasteiger partial charge in [-0.05, 0) is 17.7 Å². The van der Waals surface area contributed by atoms with Crippen molar-refractivity contribution in [1.29, 1.82) is 0 Å². The molecule has 1 aromatic rings. The number of carbonyl (C=O) groups is 1. The van der Waals surface area contributed by atoms with Crippen LogP contribution < -0.4 is 5.32 Å². The van der Waals surface area contributed by atoms with Gasteiger partial charge in [0.15, 0.2) is 0 Å². The van der Waals surface area contributed by atoms with Gasteiger partial charge in [0.2, 0.25) is 0 Å². The average Bonchev–Trinajstić information content (AvgIpc) is 2.28. The number of benzene rings is 1. The van der Waals surface area contributed by atoms with E-state index in [-0.39, 0.29) is 24.2 Å². The Balaban J connectivity index is 2.46. The molecular formula is C14H20FNO3. The number of aliphatic hydroxyl groups is 1. The predicted octanol–water partition coefficient (Wildman–Crippen LogP) is 1.53. The monoisotopic (exact) mass is 269 g/mol. The minimum atomic E-state index is -1.02. The second kappa shape index (κ2) is 6.63. The molecule has 0 aromatic heterocycles. The van der Waals surface area contributed by atoms with Gasteiger partial charge >= 0.3 is 5.97 Å². The van der Waals surface area contributed by atoms with Crippen LogP contribution in [0, 0.1) is 5.82 Å². The Kier molecular flexibility index (Phi) is 5.44. The zero-order valence-corrected chi connectivity index (χ0v) is 11.2. The van der Waals surface area contributed by atoms with E-state index < -0.39 is 12.1 Å². The number of carboxylic acids is 1. The first-order chi connectivity index (χ1) is 8.81. The molecule has 0 aliphatic rings. The number of carboxylic acid groups (broad SMARTS) is 1. The van der Waals surface area contributed by atoms with Crippen molar-refractivity contribution in [2.75, 3.05) is 13.1 Å².